The predicted molar refractivity (Wildman–Crippen MR) is 115 cm³/mol. The summed E-state index contributed by atoms with van der Waals surface area (Å²) in [5, 5.41) is 4.54. The van der Waals surface area contributed by atoms with E-state index in [9.17, 15) is 4.79 Å². The van der Waals surface area contributed by atoms with Gasteiger partial charge in [0.15, 0.2) is 0 Å². The minimum Gasteiger partial charge on any atom is -0.353 e. The molecule has 1 heterocycles. The number of amides is 1. The van der Waals surface area contributed by atoms with Crippen LogP contribution in [0.3, 0.4) is 0 Å². The summed E-state index contributed by atoms with van der Waals surface area (Å²) in [5.41, 5.74) is 8.61. The summed E-state index contributed by atoms with van der Waals surface area (Å²) in [5.74, 6) is 0.989. The van der Waals surface area contributed by atoms with Gasteiger partial charge in [0.1, 0.15) is 0 Å². The van der Waals surface area contributed by atoms with E-state index in [1.807, 2.05) is 0 Å². The second kappa shape index (κ2) is 9.13. The molecule has 0 bridgehead atoms. The van der Waals surface area contributed by atoms with Gasteiger partial charge in [0.2, 0.25) is 5.91 Å². The number of nitrogens with two attached hydrogens (primary N) is 1. The molecule has 1 aromatic heterocycles. The van der Waals surface area contributed by atoms with Crippen molar-refractivity contribution >= 4 is 16.8 Å². The highest BCUT2D eigenvalue weighted by atomic mass is 16.1. The summed E-state index contributed by atoms with van der Waals surface area (Å²) in [4.78, 5) is 12.5. The van der Waals surface area contributed by atoms with Gasteiger partial charge < -0.3 is 15.6 Å². The quantitative estimate of drug-likeness (QED) is 0.772. The average Bonchev–Trinajstić information content (AvgIpc) is 3.07. The zero-order valence-electron chi connectivity index (χ0n) is 17.0. The van der Waals surface area contributed by atoms with Crippen LogP contribution in [-0.4, -0.2) is 22.6 Å². The van der Waals surface area contributed by atoms with Crippen LogP contribution in [-0.2, 0) is 17.8 Å². The Morgan fingerprint density at radius 2 is 1.79 bits per heavy atom. The molecular formula is C24H35N3O. The first-order valence-corrected chi connectivity index (χ1v) is 11.3. The van der Waals surface area contributed by atoms with Crippen molar-refractivity contribution in [2.24, 2.45) is 11.7 Å². The molecule has 2 aliphatic carbocycles. The molecule has 1 amide bonds. The van der Waals surface area contributed by atoms with Crippen LogP contribution >= 0.6 is 0 Å². The molecule has 4 heteroatoms. The molecule has 28 heavy (non-hydrogen) atoms. The zero-order valence-corrected chi connectivity index (χ0v) is 17.0. The summed E-state index contributed by atoms with van der Waals surface area (Å²) in [6, 6.07) is 9.32. The normalized spacial score (nSPS) is 23.8. The van der Waals surface area contributed by atoms with Gasteiger partial charge >= 0.3 is 0 Å². The Hall–Kier alpha value is -1.81. The van der Waals surface area contributed by atoms with Gasteiger partial charge in [0.25, 0.3) is 0 Å². The number of aromatic nitrogens is 1. The van der Waals surface area contributed by atoms with Gasteiger partial charge in [-0.2, -0.15) is 0 Å². The number of fused-ring (bicyclic) bond motifs is 1. The van der Waals surface area contributed by atoms with Gasteiger partial charge in [-0.3, -0.25) is 4.79 Å². The van der Waals surface area contributed by atoms with Crippen molar-refractivity contribution in [3.8, 4) is 0 Å². The lowest BCUT2D eigenvalue weighted by atomic mass is 9.89. The van der Waals surface area contributed by atoms with Crippen molar-refractivity contribution in [2.75, 3.05) is 0 Å². The summed E-state index contributed by atoms with van der Waals surface area (Å²) in [6.45, 7) is 1.12. The molecule has 152 valence electrons. The highest BCUT2D eigenvalue weighted by molar-refractivity contribution is 5.85. The van der Waals surface area contributed by atoms with Crippen LogP contribution in [0.1, 0.15) is 69.8 Å². The van der Waals surface area contributed by atoms with Crippen molar-refractivity contribution in [3.63, 3.8) is 0 Å². The molecule has 2 aromatic rings. The van der Waals surface area contributed by atoms with Crippen molar-refractivity contribution in [2.45, 2.75) is 89.3 Å². The number of rotatable bonds is 6. The molecule has 2 aliphatic rings. The maximum Gasteiger partial charge on any atom is 0.220 e. The fourth-order valence-electron chi connectivity index (χ4n) is 5.13. The van der Waals surface area contributed by atoms with Gasteiger partial charge in [-0.15, -0.1) is 0 Å². The SMILES string of the molecule is NC1CCC(NC(=O)CCc2cn(CC3CCCCC3)c3ccccc23)CC1. The molecule has 0 unspecified atom stereocenters. The molecule has 0 saturated heterocycles. The Bertz CT molecular complexity index is 782. The minimum absolute atomic E-state index is 0.185. The molecule has 2 saturated carbocycles. The van der Waals surface area contributed by atoms with E-state index in [2.05, 4.69) is 40.3 Å². The first-order chi connectivity index (χ1) is 13.7. The molecule has 4 rings (SSSR count). The number of carbonyl (C=O) groups excluding carboxylic acids is 1. The predicted octanol–water partition coefficient (Wildman–Crippen LogP) is 4.54. The van der Waals surface area contributed by atoms with Crippen LogP contribution in [0.5, 0.6) is 0 Å². The second-order valence-electron chi connectivity index (χ2n) is 9.01. The van der Waals surface area contributed by atoms with E-state index >= 15 is 0 Å². The van der Waals surface area contributed by atoms with E-state index in [4.69, 9.17) is 5.73 Å². The summed E-state index contributed by atoms with van der Waals surface area (Å²) < 4.78 is 2.45. The molecule has 0 radical (unpaired) electrons. The monoisotopic (exact) mass is 381 g/mol. The summed E-state index contributed by atoms with van der Waals surface area (Å²) in [6.07, 6.45) is 14.7. The topological polar surface area (TPSA) is 60.0 Å². The van der Waals surface area contributed by atoms with E-state index in [1.54, 1.807) is 0 Å². The lowest BCUT2D eigenvalue weighted by Crippen LogP contribution is -2.40. The molecule has 0 atom stereocenters. The number of nitrogens with one attached hydrogen (secondary N) is 1. The van der Waals surface area contributed by atoms with Crippen molar-refractivity contribution in [3.05, 3.63) is 36.0 Å². The van der Waals surface area contributed by atoms with Crippen LogP contribution in [0.2, 0.25) is 0 Å². The number of nitrogens with zero attached hydrogens (tertiary/aromatic N) is 1. The Kier molecular flexibility index (Phi) is 6.36. The van der Waals surface area contributed by atoms with E-state index in [0.717, 1.165) is 44.6 Å². The smallest absolute Gasteiger partial charge is 0.220 e. The zero-order chi connectivity index (χ0) is 19.3. The largest absolute Gasteiger partial charge is 0.353 e. The molecule has 1 aromatic carbocycles. The van der Waals surface area contributed by atoms with E-state index < -0.39 is 0 Å². The molecule has 4 nitrogen and oxygen atoms in total. The fourth-order valence-corrected chi connectivity index (χ4v) is 5.13. The van der Waals surface area contributed by atoms with E-state index in [0.29, 0.717) is 18.5 Å². The van der Waals surface area contributed by atoms with Crippen LogP contribution in [0.15, 0.2) is 30.5 Å². The Morgan fingerprint density at radius 1 is 1.04 bits per heavy atom. The van der Waals surface area contributed by atoms with Gasteiger partial charge in [0.05, 0.1) is 0 Å². The van der Waals surface area contributed by atoms with Crippen LogP contribution in [0.4, 0.5) is 0 Å². The lowest BCUT2D eigenvalue weighted by Gasteiger charge is -2.26. The minimum atomic E-state index is 0.185. The second-order valence-corrected chi connectivity index (χ2v) is 9.01. The van der Waals surface area contributed by atoms with Crippen LogP contribution in [0.25, 0.3) is 10.9 Å². The van der Waals surface area contributed by atoms with Crippen molar-refractivity contribution in [1.82, 2.24) is 9.88 Å². The third-order valence-electron chi connectivity index (χ3n) is 6.81. The Morgan fingerprint density at radius 3 is 2.57 bits per heavy atom. The highest BCUT2D eigenvalue weighted by Crippen LogP contribution is 2.29. The third kappa shape index (κ3) is 4.78. The number of benzene rings is 1. The number of hydrogen-bond donors (Lipinski definition) is 2. The lowest BCUT2D eigenvalue weighted by molar-refractivity contribution is -0.122. The molecule has 0 spiro atoms. The standard InChI is InChI=1S/C24H35N3O/c25-20-11-13-21(14-12-20)26-24(28)15-10-19-17-27(16-18-6-2-1-3-7-18)23-9-5-4-8-22(19)23/h4-5,8-9,17-18,20-21H,1-3,6-7,10-16,25H2,(H,26,28). The maximum absolute atomic E-state index is 12.5. The number of para-hydroxylation sites is 1. The molecule has 3 N–H and O–H groups in total. The van der Waals surface area contributed by atoms with Crippen molar-refractivity contribution in [1.29, 1.82) is 0 Å². The Balaban J connectivity index is 1.38. The molecule has 2 fully saturated rings. The number of hydrogen-bond acceptors (Lipinski definition) is 2. The fraction of sp³-hybridized carbons (Fsp3) is 0.625. The number of carbonyl (C=O) groups is 1. The molecule has 0 aliphatic heterocycles. The van der Waals surface area contributed by atoms with Gasteiger partial charge in [0, 0.05) is 42.1 Å². The molecular weight excluding hydrogens is 346 g/mol. The van der Waals surface area contributed by atoms with Crippen LogP contribution in [0, 0.1) is 5.92 Å². The van der Waals surface area contributed by atoms with E-state index in [1.165, 1.54) is 48.6 Å². The van der Waals surface area contributed by atoms with Gasteiger partial charge in [-0.1, -0.05) is 37.5 Å². The third-order valence-corrected chi connectivity index (χ3v) is 6.81. The number of aryl methyl sites for hydroxylation is 1. The summed E-state index contributed by atoms with van der Waals surface area (Å²) >= 11 is 0. The van der Waals surface area contributed by atoms with Crippen molar-refractivity contribution < 1.29 is 4.79 Å². The first-order valence-electron chi connectivity index (χ1n) is 11.3. The maximum atomic E-state index is 12.5. The average molecular weight is 382 g/mol. The van der Waals surface area contributed by atoms with Crippen LogP contribution < -0.4 is 11.1 Å². The highest BCUT2D eigenvalue weighted by Gasteiger charge is 2.20. The van der Waals surface area contributed by atoms with E-state index in [-0.39, 0.29) is 5.91 Å². The Labute approximate surface area is 168 Å². The van der Waals surface area contributed by atoms with Gasteiger partial charge in [-0.05, 0) is 62.5 Å². The summed E-state index contributed by atoms with van der Waals surface area (Å²) in [7, 11) is 0. The first kappa shape index (κ1) is 19.5. The van der Waals surface area contributed by atoms with Gasteiger partial charge in [-0.25, -0.2) is 0 Å².